The van der Waals surface area contributed by atoms with Crippen LogP contribution in [0, 0.1) is 0 Å². The quantitative estimate of drug-likeness (QED) is 0.864. The highest BCUT2D eigenvalue weighted by molar-refractivity contribution is 7.91. The second-order valence-electron chi connectivity index (χ2n) is 4.40. The van der Waals surface area contributed by atoms with Crippen LogP contribution in [0.2, 0.25) is 0 Å². The summed E-state index contributed by atoms with van der Waals surface area (Å²) >= 11 is 0. The van der Waals surface area contributed by atoms with Gasteiger partial charge in [-0.15, -0.1) is 0 Å². The molecular weight excluding hydrogens is 240 g/mol. The lowest BCUT2D eigenvalue weighted by Gasteiger charge is -2.33. The molecule has 0 spiro atoms. The molecule has 4 nitrogen and oxygen atoms in total. The highest BCUT2D eigenvalue weighted by Crippen LogP contribution is 2.42. The number of benzene rings is 1. The predicted octanol–water partition coefficient (Wildman–Crippen LogP) is 1.22. The van der Waals surface area contributed by atoms with Gasteiger partial charge in [0.15, 0.2) is 14.8 Å². The zero-order valence-corrected chi connectivity index (χ0v) is 10.8. The number of sulfone groups is 1. The first-order chi connectivity index (χ1) is 7.90. The van der Waals surface area contributed by atoms with Crippen molar-refractivity contribution in [2.24, 2.45) is 0 Å². The second kappa shape index (κ2) is 3.99. The van der Waals surface area contributed by atoms with Crippen LogP contribution < -0.4 is 4.74 Å². The Morgan fingerprint density at radius 1 is 1.41 bits per heavy atom. The van der Waals surface area contributed by atoms with Gasteiger partial charge in [0, 0.05) is 17.4 Å². The lowest BCUT2D eigenvalue weighted by molar-refractivity contribution is 0.104. The first-order valence-electron chi connectivity index (χ1n) is 5.48. The molecule has 0 saturated carbocycles. The zero-order chi connectivity index (χ0) is 12.7. The van der Waals surface area contributed by atoms with E-state index in [1.165, 1.54) is 0 Å². The Morgan fingerprint density at radius 3 is 2.71 bits per heavy atom. The Labute approximate surface area is 101 Å². The lowest BCUT2D eigenvalue weighted by Crippen LogP contribution is -2.38. The third-order valence-corrected chi connectivity index (χ3v) is 4.98. The zero-order valence-electron chi connectivity index (χ0n) is 9.93. The van der Waals surface area contributed by atoms with E-state index in [9.17, 15) is 13.5 Å². The molecule has 0 bridgehead atoms. The Bertz CT molecular complexity index is 535. The summed E-state index contributed by atoms with van der Waals surface area (Å²) in [5.41, 5.74) is 1.26. The fourth-order valence-corrected chi connectivity index (χ4v) is 3.51. The first-order valence-corrected chi connectivity index (χ1v) is 7.37. The highest BCUT2D eigenvalue weighted by atomic mass is 32.2. The Hall–Kier alpha value is -1.07. The summed E-state index contributed by atoms with van der Waals surface area (Å²) in [6.45, 7) is 0. The molecule has 0 unspecified atom stereocenters. The van der Waals surface area contributed by atoms with Gasteiger partial charge in [0.25, 0.3) is 0 Å². The number of hydrogen-bond acceptors (Lipinski definition) is 4. The summed E-state index contributed by atoms with van der Waals surface area (Å²) in [5.74, 6) is 0.643. The van der Waals surface area contributed by atoms with E-state index in [2.05, 4.69) is 0 Å². The van der Waals surface area contributed by atoms with E-state index >= 15 is 0 Å². The Morgan fingerprint density at radius 2 is 2.12 bits per heavy atom. The molecule has 1 N–H and O–H groups in total. The fourth-order valence-electron chi connectivity index (χ4n) is 2.41. The number of hydrogen-bond donors (Lipinski definition) is 1. The third-order valence-electron chi connectivity index (χ3n) is 3.33. The maximum Gasteiger partial charge on any atom is 0.191 e. The topological polar surface area (TPSA) is 63.6 Å². The molecule has 0 aliphatic heterocycles. The van der Waals surface area contributed by atoms with E-state index in [1.807, 2.05) is 0 Å². The average molecular weight is 256 g/mol. The van der Waals surface area contributed by atoms with Crippen LogP contribution in [-0.4, -0.2) is 26.9 Å². The summed E-state index contributed by atoms with van der Waals surface area (Å²) in [4.78, 5) is -1.77. The molecule has 0 radical (unpaired) electrons. The summed E-state index contributed by atoms with van der Waals surface area (Å²) < 4.78 is 28.8. The number of ether oxygens (including phenoxy) is 1. The van der Waals surface area contributed by atoms with Gasteiger partial charge in [-0.25, -0.2) is 8.42 Å². The van der Waals surface area contributed by atoms with E-state index < -0.39 is 14.8 Å². The van der Waals surface area contributed by atoms with Crippen LogP contribution in [0.25, 0.3) is 0 Å². The van der Waals surface area contributed by atoms with Gasteiger partial charge in [-0.2, -0.15) is 0 Å². The normalized spacial score (nSPS) is 24.2. The highest BCUT2D eigenvalue weighted by Gasteiger charge is 2.44. The van der Waals surface area contributed by atoms with Crippen LogP contribution in [0.3, 0.4) is 0 Å². The van der Waals surface area contributed by atoms with Crippen LogP contribution in [0.15, 0.2) is 18.2 Å². The largest absolute Gasteiger partial charge is 0.496 e. The Kier molecular flexibility index (Phi) is 2.91. The predicted molar refractivity (Wildman–Crippen MR) is 64.7 cm³/mol. The molecule has 1 aromatic carbocycles. The van der Waals surface area contributed by atoms with Gasteiger partial charge in [-0.3, -0.25) is 0 Å². The van der Waals surface area contributed by atoms with Crippen LogP contribution in [0.5, 0.6) is 5.75 Å². The molecule has 1 atom stereocenters. The van der Waals surface area contributed by atoms with Crippen molar-refractivity contribution in [2.75, 3.05) is 13.4 Å². The van der Waals surface area contributed by atoms with E-state index in [-0.39, 0.29) is 6.42 Å². The molecule has 0 amide bonds. The first kappa shape index (κ1) is 12.4. The molecule has 1 aliphatic rings. The molecule has 5 heteroatoms. The van der Waals surface area contributed by atoms with Crippen LogP contribution in [0.4, 0.5) is 0 Å². The van der Waals surface area contributed by atoms with Crippen molar-refractivity contribution in [2.45, 2.75) is 24.2 Å². The maximum atomic E-state index is 11.8. The monoisotopic (exact) mass is 256 g/mol. The summed E-state index contributed by atoms with van der Waals surface area (Å²) in [7, 11) is -2.02. The van der Waals surface area contributed by atoms with Gasteiger partial charge >= 0.3 is 0 Å². The van der Waals surface area contributed by atoms with Crippen molar-refractivity contribution < 1.29 is 18.3 Å². The number of methoxy groups -OCH3 is 1. The van der Waals surface area contributed by atoms with Crippen molar-refractivity contribution in [1.29, 1.82) is 0 Å². The summed E-state index contributed by atoms with van der Waals surface area (Å²) in [6.07, 6.45) is 2.68. The molecule has 94 valence electrons. The molecule has 17 heavy (non-hydrogen) atoms. The second-order valence-corrected chi connectivity index (χ2v) is 6.62. The maximum absolute atomic E-state index is 11.8. The van der Waals surface area contributed by atoms with E-state index in [1.54, 1.807) is 25.3 Å². The van der Waals surface area contributed by atoms with Crippen molar-refractivity contribution in [1.82, 2.24) is 0 Å². The number of rotatable bonds is 2. The van der Waals surface area contributed by atoms with Gasteiger partial charge in [0.2, 0.25) is 0 Å². The number of aliphatic hydroxyl groups is 1. The molecular formula is C12H16O4S. The minimum atomic E-state index is -3.56. The lowest BCUT2D eigenvalue weighted by atomic mass is 9.88. The molecule has 0 saturated heterocycles. The van der Waals surface area contributed by atoms with Crippen molar-refractivity contribution >= 4 is 9.84 Å². The van der Waals surface area contributed by atoms with Gasteiger partial charge in [0.05, 0.1) is 7.11 Å². The SMILES string of the molecule is COc1cccc2c1CCC[C@]2(O)S(C)(=O)=O. The van der Waals surface area contributed by atoms with Crippen molar-refractivity contribution in [3.8, 4) is 5.75 Å². The van der Waals surface area contributed by atoms with Crippen molar-refractivity contribution in [3.63, 3.8) is 0 Å². The summed E-state index contributed by atoms with van der Waals surface area (Å²) in [5, 5.41) is 10.4. The van der Waals surface area contributed by atoms with Gasteiger partial charge in [-0.1, -0.05) is 12.1 Å². The molecule has 0 aromatic heterocycles. The Balaban J connectivity index is 2.68. The standard InChI is InChI=1S/C12H16O4S/c1-16-11-7-3-6-10-9(11)5-4-8-12(10,13)17(2,14)15/h3,6-7,13H,4-5,8H2,1-2H3/t12-/m0/s1. The van der Waals surface area contributed by atoms with E-state index in [0.717, 1.165) is 18.2 Å². The van der Waals surface area contributed by atoms with Gasteiger partial charge in [-0.05, 0) is 25.3 Å². The number of fused-ring (bicyclic) bond motifs is 1. The van der Waals surface area contributed by atoms with Crippen LogP contribution in [0.1, 0.15) is 24.0 Å². The van der Waals surface area contributed by atoms with Crippen LogP contribution >= 0.6 is 0 Å². The summed E-state index contributed by atoms with van der Waals surface area (Å²) in [6, 6.07) is 5.16. The van der Waals surface area contributed by atoms with E-state index in [0.29, 0.717) is 17.7 Å². The minimum absolute atomic E-state index is 0.242. The molecule has 1 aromatic rings. The van der Waals surface area contributed by atoms with Gasteiger partial charge in [0.1, 0.15) is 5.75 Å². The van der Waals surface area contributed by atoms with Crippen LogP contribution in [-0.2, 0) is 21.2 Å². The van der Waals surface area contributed by atoms with Gasteiger partial charge < -0.3 is 9.84 Å². The molecule has 0 heterocycles. The smallest absolute Gasteiger partial charge is 0.191 e. The molecule has 2 rings (SSSR count). The molecule has 0 fully saturated rings. The van der Waals surface area contributed by atoms with Crippen molar-refractivity contribution in [3.05, 3.63) is 29.3 Å². The fraction of sp³-hybridized carbons (Fsp3) is 0.500. The minimum Gasteiger partial charge on any atom is -0.496 e. The van der Waals surface area contributed by atoms with E-state index in [4.69, 9.17) is 4.74 Å². The molecule has 1 aliphatic carbocycles. The third kappa shape index (κ3) is 1.83. The average Bonchev–Trinajstić information content (AvgIpc) is 2.27.